The van der Waals surface area contributed by atoms with Gasteiger partial charge in [-0.2, -0.15) is 0 Å². The van der Waals surface area contributed by atoms with Crippen molar-refractivity contribution in [2.24, 2.45) is 0 Å². The van der Waals surface area contributed by atoms with Crippen LogP contribution >= 0.6 is 0 Å². The molecule has 1 aromatic carbocycles. The smallest absolute Gasteiger partial charge is 0.253 e. The van der Waals surface area contributed by atoms with E-state index < -0.39 is 0 Å². The minimum absolute atomic E-state index is 0.334. The van der Waals surface area contributed by atoms with Crippen LogP contribution in [0.5, 0.6) is 0 Å². The van der Waals surface area contributed by atoms with Crippen molar-refractivity contribution in [2.75, 3.05) is 30.4 Å². The van der Waals surface area contributed by atoms with E-state index in [1.807, 2.05) is 4.90 Å². The Morgan fingerprint density at radius 2 is 1.92 bits per heavy atom. The molecule has 0 radical (unpaired) electrons. The molecule has 0 saturated carbocycles. The van der Waals surface area contributed by atoms with Crippen LogP contribution < -0.4 is 21.1 Å². The van der Waals surface area contributed by atoms with Gasteiger partial charge in [0.1, 0.15) is 11.4 Å². The molecule has 0 spiro atoms. The van der Waals surface area contributed by atoms with E-state index in [1.165, 1.54) is 0 Å². The average Bonchev–Trinajstić information content (AvgIpc) is 2.00. The molecule has 12 heavy (non-hydrogen) atoms. The Labute approximate surface area is 69.5 Å². The Morgan fingerprint density at radius 3 is 2.33 bits per heavy atom. The molecule has 1 aliphatic rings. The van der Waals surface area contributed by atoms with Crippen LogP contribution in [0.3, 0.4) is 0 Å². The summed E-state index contributed by atoms with van der Waals surface area (Å²) in [4.78, 5) is 24.0. The molecule has 0 unspecified atom stereocenters. The topological polar surface area (TPSA) is 49.4 Å². The highest BCUT2D eigenvalue weighted by molar-refractivity contribution is 5.75. The van der Waals surface area contributed by atoms with Crippen LogP contribution in [0, 0.1) is 0 Å². The van der Waals surface area contributed by atoms with Crippen molar-refractivity contribution < 1.29 is 0 Å². The van der Waals surface area contributed by atoms with E-state index >= 15 is 0 Å². The molecule has 1 saturated heterocycles. The lowest BCUT2D eigenvalue weighted by Gasteiger charge is -2.34. The second kappa shape index (κ2) is 2.33. The van der Waals surface area contributed by atoms with E-state index in [-0.39, 0.29) is 10.9 Å². The van der Waals surface area contributed by atoms with Crippen molar-refractivity contribution in [3.8, 4) is 0 Å². The fraction of sp³-hybridized carbons (Fsp3) is 0.500. The highest BCUT2D eigenvalue weighted by atomic mass is 16.2. The first-order chi connectivity index (χ1) is 5.75. The molecule has 4 nitrogen and oxygen atoms in total. The van der Waals surface area contributed by atoms with Gasteiger partial charge in [-0.15, -0.1) is 0 Å². The molecule has 1 fully saturated rings. The number of nitrogens with one attached hydrogen (secondary N) is 1. The van der Waals surface area contributed by atoms with E-state index in [0.29, 0.717) is 11.4 Å². The van der Waals surface area contributed by atoms with Crippen LogP contribution in [-0.4, -0.2) is 20.1 Å². The fourth-order valence-corrected chi connectivity index (χ4v) is 1.45. The zero-order chi connectivity index (χ0) is 8.72. The third-order valence-corrected chi connectivity index (χ3v) is 2.31. The molecule has 64 valence electrons. The maximum Gasteiger partial charge on any atom is 0.253 e. The van der Waals surface area contributed by atoms with Gasteiger partial charge in [0.25, 0.3) is 10.9 Å². The van der Waals surface area contributed by atoms with Gasteiger partial charge in [-0.25, -0.2) is 0 Å². The van der Waals surface area contributed by atoms with Gasteiger partial charge in [0, 0.05) is 20.1 Å². The predicted octanol–water partition coefficient (Wildman–Crippen LogP) is -0.466. The molecule has 0 atom stereocenters. The molecule has 0 aliphatic carbocycles. The summed E-state index contributed by atoms with van der Waals surface area (Å²) in [6.07, 6.45) is 1.11. The van der Waals surface area contributed by atoms with E-state index in [2.05, 4.69) is 5.32 Å². The highest BCUT2D eigenvalue weighted by Crippen LogP contribution is 2.23. The van der Waals surface area contributed by atoms with Crippen LogP contribution in [0.25, 0.3) is 0 Å². The quantitative estimate of drug-likeness (QED) is 0.604. The number of hydrogen-bond acceptors (Lipinski definition) is 4. The Balaban J connectivity index is 2.37. The Hall–Kier alpha value is -1.32. The van der Waals surface area contributed by atoms with Crippen molar-refractivity contribution in [3.63, 3.8) is 0 Å². The van der Waals surface area contributed by atoms with Gasteiger partial charge in [0.2, 0.25) is 0 Å². The van der Waals surface area contributed by atoms with E-state index in [4.69, 9.17) is 0 Å². The Morgan fingerprint density at radius 1 is 1.25 bits per heavy atom. The summed E-state index contributed by atoms with van der Waals surface area (Å²) in [5.41, 5.74) is 0.368. The maximum absolute atomic E-state index is 11.1. The van der Waals surface area contributed by atoms with Crippen LogP contribution in [0.4, 0.5) is 11.4 Å². The Bertz CT molecular complexity index is 372. The number of nitrogens with zero attached hydrogens (tertiary/aromatic N) is 1. The summed E-state index contributed by atoms with van der Waals surface area (Å²) in [5, 5.41) is 2.75. The first-order valence-electron chi connectivity index (χ1n) is 4.01. The number of anilines is 2. The van der Waals surface area contributed by atoms with Gasteiger partial charge in [0.05, 0.1) is 0 Å². The molecule has 4 heteroatoms. The van der Waals surface area contributed by atoms with Crippen LogP contribution in [0.15, 0.2) is 9.59 Å². The summed E-state index contributed by atoms with van der Waals surface area (Å²) in [6, 6.07) is 0. The van der Waals surface area contributed by atoms with E-state index in [9.17, 15) is 9.59 Å². The molecule has 1 heterocycles. The SMILES string of the molecule is CNc1c(N2CCC2)c(=O)c1=O. The standard InChI is InChI=1S/C8H10N2O2/c1-9-5-6(8(12)7(5)11)10-3-2-4-10/h9H,2-4H2,1H3. The minimum Gasteiger partial charge on any atom is -0.383 e. The van der Waals surface area contributed by atoms with Gasteiger partial charge in [0.15, 0.2) is 0 Å². The lowest BCUT2D eigenvalue weighted by molar-refractivity contribution is 0.614. The van der Waals surface area contributed by atoms with Crippen LogP contribution in [0.1, 0.15) is 6.42 Å². The summed E-state index contributed by atoms with van der Waals surface area (Å²) in [5.74, 6) is 0. The molecule has 1 aromatic rings. The maximum atomic E-state index is 11.1. The van der Waals surface area contributed by atoms with Crippen molar-refractivity contribution in [2.45, 2.75) is 6.42 Å². The largest absolute Gasteiger partial charge is 0.383 e. The predicted molar refractivity (Wildman–Crippen MR) is 47.7 cm³/mol. The minimum atomic E-state index is -0.376. The molecule has 0 bridgehead atoms. The van der Waals surface area contributed by atoms with E-state index in [1.54, 1.807) is 7.05 Å². The Kier molecular flexibility index (Phi) is 1.43. The third kappa shape index (κ3) is 0.719. The molecule has 2 rings (SSSR count). The van der Waals surface area contributed by atoms with Crippen molar-refractivity contribution in [3.05, 3.63) is 20.4 Å². The van der Waals surface area contributed by atoms with Crippen molar-refractivity contribution in [1.82, 2.24) is 0 Å². The zero-order valence-corrected chi connectivity index (χ0v) is 6.89. The number of rotatable bonds is 2. The van der Waals surface area contributed by atoms with Crippen LogP contribution in [-0.2, 0) is 0 Å². The fourth-order valence-electron chi connectivity index (χ4n) is 1.45. The van der Waals surface area contributed by atoms with Crippen molar-refractivity contribution in [1.29, 1.82) is 0 Å². The molecule has 1 N–H and O–H groups in total. The summed E-state index contributed by atoms with van der Waals surface area (Å²) in [6.45, 7) is 1.80. The lowest BCUT2D eigenvalue weighted by atomic mass is 10.1. The van der Waals surface area contributed by atoms with Crippen molar-refractivity contribution >= 4 is 11.4 Å². The summed E-state index contributed by atoms with van der Waals surface area (Å²) in [7, 11) is 1.67. The van der Waals surface area contributed by atoms with Gasteiger partial charge in [-0.05, 0) is 6.42 Å². The second-order valence-electron chi connectivity index (χ2n) is 2.97. The first kappa shape index (κ1) is 7.34. The molecule has 0 aromatic heterocycles. The monoisotopic (exact) mass is 166 g/mol. The second-order valence-corrected chi connectivity index (χ2v) is 2.97. The molecule has 1 aliphatic heterocycles. The normalized spacial score (nSPS) is 16.2. The zero-order valence-electron chi connectivity index (χ0n) is 6.89. The highest BCUT2D eigenvalue weighted by Gasteiger charge is 2.27. The first-order valence-corrected chi connectivity index (χ1v) is 4.01. The van der Waals surface area contributed by atoms with Gasteiger partial charge in [-0.1, -0.05) is 0 Å². The summed E-state index contributed by atoms with van der Waals surface area (Å²) >= 11 is 0. The van der Waals surface area contributed by atoms with Crippen LogP contribution in [0.2, 0.25) is 0 Å². The molecular weight excluding hydrogens is 156 g/mol. The number of hydrogen-bond donors (Lipinski definition) is 1. The molecular formula is C8H10N2O2. The third-order valence-electron chi connectivity index (χ3n) is 2.31. The summed E-state index contributed by atoms with van der Waals surface area (Å²) < 4.78 is 0. The lowest BCUT2D eigenvalue weighted by Crippen LogP contribution is -2.47. The van der Waals surface area contributed by atoms with E-state index in [0.717, 1.165) is 19.5 Å². The van der Waals surface area contributed by atoms with Gasteiger partial charge in [-0.3, -0.25) is 9.59 Å². The van der Waals surface area contributed by atoms with Gasteiger partial charge >= 0.3 is 0 Å². The van der Waals surface area contributed by atoms with Gasteiger partial charge < -0.3 is 10.2 Å². The molecule has 0 amide bonds. The average molecular weight is 166 g/mol.